The van der Waals surface area contributed by atoms with Crippen LogP contribution < -0.4 is 5.32 Å². The number of ether oxygens (including phenoxy) is 1. The molecule has 0 spiro atoms. The normalized spacial score (nSPS) is 22.3. The van der Waals surface area contributed by atoms with E-state index in [1.807, 2.05) is 30.3 Å². The zero-order chi connectivity index (χ0) is 18.7. The third-order valence-corrected chi connectivity index (χ3v) is 5.06. The molecule has 3 rings (SSSR count). The van der Waals surface area contributed by atoms with Gasteiger partial charge in [0.25, 0.3) is 0 Å². The Kier molecular flexibility index (Phi) is 6.01. The van der Waals surface area contributed by atoms with Gasteiger partial charge in [0.1, 0.15) is 0 Å². The average molecular weight is 375 g/mol. The maximum Gasteiger partial charge on any atom is 0.243 e. The molecule has 1 N–H and O–H groups in total. The van der Waals surface area contributed by atoms with Crippen LogP contribution >= 0.6 is 11.5 Å². The molecule has 0 radical (unpaired) electrons. The number of carbonyl (C=O) groups excluding carboxylic acids is 1. The molecule has 0 saturated carbocycles. The van der Waals surface area contributed by atoms with E-state index < -0.39 is 0 Å². The second-order valence-corrected chi connectivity index (χ2v) is 7.93. The summed E-state index contributed by atoms with van der Waals surface area (Å²) >= 11 is 1.21. The quantitative estimate of drug-likeness (QED) is 0.870. The Morgan fingerprint density at radius 2 is 1.88 bits per heavy atom. The summed E-state index contributed by atoms with van der Waals surface area (Å²) in [5.74, 6) is 0.798. The van der Waals surface area contributed by atoms with Gasteiger partial charge in [0.15, 0.2) is 5.82 Å². The zero-order valence-electron chi connectivity index (χ0n) is 15.7. The van der Waals surface area contributed by atoms with Crippen molar-refractivity contribution in [3.63, 3.8) is 0 Å². The molecular weight excluding hydrogens is 348 g/mol. The summed E-state index contributed by atoms with van der Waals surface area (Å²) in [7, 11) is 0. The van der Waals surface area contributed by atoms with E-state index in [0.29, 0.717) is 11.0 Å². The highest BCUT2D eigenvalue weighted by molar-refractivity contribution is 7.10. The number of benzene rings is 1. The molecule has 1 amide bonds. The maximum atomic E-state index is 13.0. The van der Waals surface area contributed by atoms with Gasteiger partial charge < -0.3 is 4.74 Å². The molecule has 1 aliphatic heterocycles. The zero-order valence-corrected chi connectivity index (χ0v) is 16.5. The average Bonchev–Trinajstić information content (AvgIpc) is 3.03. The lowest BCUT2D eigenvalue weighted by Gasteiger charge is -2.40. The topological polar surface area (TPSA) is 67.4 Å². The number of hydrogen-bond acceptors (Lipinski definition) is 6. The van der Waals surface area contributed by atoms with Gasteiger partial charge in [-0.2, -0.15) is 9.36 Å². The van der Waals surface area contributed by atoms with Gasteiger partial charge in [-0.25, -0.2) is 0 Å². The molecule has 2 heterocycles. The second-order valence-electron chi connectivity index (χ2n) is 7.18. The molecule has 2 aromatic rings. The van der Waals surface area contributed by atoms with Crippen LogP contribution in [0.5, 0.6) is 0 Å². The molecule has 1 aliphatic rings. The van der Waals surface area contributed by atoms with E-state index in [4.69, 9.17) is 4.74 Å². The highest BCUT2D eigenvalue weighted by Crippen LogP contribution is 2.23. The lowest BCUT2D eigenvalue weighted by Crippen LogP contribution is -2.55. The van der Waals surface area contributed by atoms with Crippen molar-refractivity contribution in [3.8, 4) is 11.4 Å². The summed E-state index contributed by atoms with van der Waals surface area (Å²) in [5, 5.41) is 3.50. The minimum absolute atomic E-state index is 0.0305. The number of carbonyl (C=O) groups is 1. The number of aromatic nitrogens is 2. The van der Waals surface area contributed by atoms with Crippen LogP contribution in [0.4, 0.5) is 5.13 Å². The van der Waals surface area contributed by atoms with E-state index in [1.165, 1.54) is 11.5 Å². The van der Waals surface area contributed by atoms with Crippen LogP contribution in [0.3, 0.4) is 0 Å². The van der Waals surface area contributed by atoms with E-state index in [1.54, 1.807) is 0 Å². The smallest absolute Gasteiger partial charge is 0.243 e. The minimum atomic E-state index is -0.215. The molecule has 26 heavy (non-hydrogen) atoms. The van der Waals surface area contributed by atoms with Crippen molar-refractivity contribution in [2.24, 2.45) is 5.92 Å². The number of amides is 1. The van der Waals surface area contributed by atoms with Gasteiger partial charge in [0.05, 0.1) is 18.2 Å². The number of nitrogens with zero attached hydrogens (tertiary/aromatic N) is 3. The van der Waals surface area contributed by atoms with Gasteiger partial charge in [0, 0.05) is 30.2 Å². The van der Waals surface area contributed by atoms with E-state index in [-0.39, 0.29) is 30.1 Å². The fourth-order valence-electron chi connectivity index (χ4n) is 3.49. The van der Waals surface area contributed by atoms with Crippen molar-refractivity contribution in [3.05, 3.63) is 30.3 Å². The molecule has 3 unspecified atom stereocenters. The van der Waals surface area contributed by atoms with Gasteiger partial charge in [-0.05, 0) is 19.8 Å². The molecule has 6 nitrogen and oxygen atoms in total. The summed E-state index contributed by atoms with van der Waals surface area (Å²) in [6.45, 7) is 9.76. The summed E-state index contributed by atoms with van der Waals surface area (Å²) < 4.78 is 10.2. The summed E-state index contributed by atoms with van der Waals surface area (Å²) in [6, 6.07) is 9.56. The summed E-state index contributed by atoms with van der Waals surface area (Å²) in [4.78, 5) is 19.6. The molecule has 1 aromatic heterocycles. The minimum Gasteiger partial charge on any atom is -0.373 e. The predicted octanol–water partition coefficient (Wildman–Crippen LogP) is 3.28. The Morgan fingerprint density at radius 1 is 1.23 bits per heavy atom. The first-order chi connectivity index (χ1) is 12.4. The Bertz CT molecular complexity index is 724. The van der Waals surface area contributed by atoms with Crippen LogP contribution in [-0.2, 0) is 9.53 Å². The third-order valence-electron chi connectivity index (χ3n) is 4.43. The Morgan fingerprint density at radius 3 is 2.50 bits per heavy atom. The van der Waals surface area contributed by atoms with Gasteiger partial charge >= 0.3 is 0 Å². The van der Waals surface area contributed by atoms with Gasteiger partial charge in [-0.15, -0.1) is 0 Å². The number of morpholine rings is 1. The fourth-order valence-corrected chi connectivity index (χ4v) is 4.09. The van der Waals surface area contributed by atoms with Crippen LogP contribution in [0.25, 0.3) is 11.4 Å². The van der Waals surface area contributed by atoms with Crippen LogP contribution in [0, 0.1) is 5.92 Å². The molecule has 1 saturated heterocycles. The standard InChI is InChI=1S/C19H26N4O2S/c1-12(2)16(23-10-13(3)25-14(4)11-23)18(24)21-19-20-17(22-26-19)15-8-6-5-7-9-15/h5-9,12-14,16H,10-11H2,1-4H3,(H,20,21,22,24). The molecule has 0 aliphatic carbocycles. The first-order valence-electron chi connectivity index (χ1n) is 9.03. The first-order valence-corrected chi connectivity index (χ1v) is 9.81. The molecule has 1 aromatic carbocycles. The molecule has 0 bridgehead atoms. The van der Waals surface area contributed by atoms with Crippen molar-refractivity contribution in [1.82, 2.24) is 14.3 Å². The number of anilines is 1. The van der Waals surface area contributed by atoms with Crippen LogP contribution in [-0.4, -0.2) is 51.5 Å². The van der Waals surface area contributed by atoms with Gasteiger partial charge in [0.2, 0.25) is 11.0 Å². The molecular formula is C19H26N4O2S. The third kappa shape index (κ3) is 4.47. The lowest BCUT2D eigenvalue weighted by atomic mass is 10.00. The molecule has 7 heteroatoms. The van der Waals surface area contributed by atoms with E-state index in [0.717, 1.165) is 18.7 Å². The van der Waals surface area contributed by atoms with Crippen molar-refractivity contribution in [1.29, 1.82) is 0 Å². The van der Waals surface area contributed by atoms with E-state index in [2.05, 4.69) is 47.3 Å². The Labute approximate surface area is 158 Å². The summed E-state index contributed by atoms with van der Waals surface area (Å²) in [6.07, 6.45) is 0.248. The van der Waals surface area contributed by atoms with Gasteiger partial charge in [-0.1, -0.05) is 44.2 Å². The van der Waals surface area contributed by atoms with E-state index >= 15 is 0 Å². The SMILES string of the molecule is CC1CN(C(C(=O)Nc2nc(-c3ccccc3)ns2)C(C)C)CC(C)O1. The van der Waals surface area contributed by atoms with Crippen LogP contribution in [0.15, 0.2) is 30.3 Å². The highest BCUT2D eigenvalue weighted by atomic mass is 32.1. The number of nitrogens with one attached hydrogen (secondary N) is 1. The predicted molar refractivity (Wildman–Crippen MR) is 104 cm³/mol. The first kappa shape index (κ1) is 18.9. The Balaban J connectivity index is 1.72. The van der Waals surface area contributed by atoms with E-state index in [9.17, 15) is 4.79 Å². The lowest BCUT2D eigenvalue weighted by molar-refractivity contribution is -0.130. The molecule has 3 atom stereocenters. The van der Waals surface area contributed by atoms with Crippen molar-refractivity contribution >= 4 is 22.6 Å². The highest BCUT2D eigenvalue weighted by Gasteiger charge is 2.34. The van der Waals surface area contributed by atoms with Crippen LogP contribution in [0.1, 0.15) is 27.7 Å². The number of hydrogen-bond donors (Lipinski definition) is 1. The van der Waals surface area contributed by atoms with Crippen molar-refractivity contribution in [2.75, 3.05) is 18.4 Å². The number of rotatable bonds is 5. The van der Waals surface area contributed by atoms with Crippen LogP contribution in [0.2, 0.25) is 0 Å². The van der Waals surface area contributed by atoms with Gasteiger partial charge in [-0.3, -0.25) is 15.0 Å². The molecule has 140 valence electrons. The summed E-state index contributed by atoms with van der Waals surface area (Å²) in [5.41, 5.74) is 0.945. The van der Waals surface area contributed by atoms with Crippen molar-refractivity contribution in [2.45, 2.75) is 45.9 Å². The molecule has 1 fully saturated rings. The fraction of sp³-hybridized carbons (Fsp3) is 0.526. The second kappa shape index (κ2) is 8.24. The van der Waals surface area contributed by atoms with Crippen molar-refractivity contribution < 1.29 is 9.53 Å². The largest absolute Gasteiger partial charge is 0.373 e. The maximum absolute atomic E-state index is 13.0. The monoisotopic (exact) mass is 374 g/mol. The Hall–Kier alpha value is -1.83.